The molecule has 5 nitrogen and oxygen atoms in total. The van der Waals surface area contributed by atoms with Gasteiger partial charge in [0.15, 0.2) is 0 Å². The fourth-order valence-electron chi connectivity index (χ4n) is 2.67. The number of nitrogens with one attached hydrogen (secondary N) is 1. The van der Waals surface area contributed by atoms with Crippen molar-refractivity contribution in [2.45, 2.75) is 32.7 Å². The Morgan fingerprint density at radius 2 is 1.85 bits per heavy atom. The summed E-state index contributed by atoms with van der Waals surface area (Å²) in [4.78, 5) is 24.9. The number of benzene rings is 1. The van der Waals surface area contributed by atoms with E-state index in [1.54, 1.807) is 0 Å². The summed E-state index contributed by atoms with van der Waals surface area (Å²) in [6.07, 6.45) is 4.49. The Labute approximate surface area is 153 Å². The van der Waals surface area contributed by atoms with E-state index in [0.29, 0.717) is 11.6 Å². The van der Waals surface area contributed by atoms with E-state index >= 15 is 0 Å². The summed E-state index contributed by atoms with van der Waals surface area (Å²) < 4.78 is 0. The molecule has 1 atom stereocenters. The van der Waals surface area contributed by atoms with Crippen LogP contribution in [0.3, 0.4) is 0 Å². The van der Waals surface area contributed by atoms with E-state index in [1.165, 1.54) is 24.2 Å². The average molecular weight is 346 g/mol. The van der Waals surface area contributed by atoms with Crippen molar-refractivity contribution in [2.75, 3.05) is 0 Å². The lowest BCUT2D eigenvalue weighted by molar-refractivity contribution is 0.0933. The first-order chi connectivity index (χ1) is 12.5. The quantitative estimate of drug-likeness (QED) is 0.753. The average Bonchev–Trinajstić information content (AvgIpc) is 2.68. The maximum atomic E-state index is 12.3. The van der Waals surface area contributed by atoms with Gasteiger partial charge in [0.2, 0.25) is 0 Å². The first kappa shape index (κ1) is 17.7. The lowest BCUT2D eigenvalue weighted by atomic mass is 9.99. The largest absolute Gasteiger partial charge is 0.343 e. The van der Waals surface area contributed by atoms with E-state index in [0.717, 1.165) is 17.0 Å². The molecule has 0 aliphatic rings. The third kappa shape index (κ3) is 4.11. The number of amides is 1. The highest BCUT2D eigenvalue weighted by Gasteiger charge is 2.14. The van der Waals surface area contributed by atoms with Gasteiger partial charge in [0.25, 0.3) is 5.91 Å². The van der Waals surface area contributed by atoms with E-state index in [4.69, 9.17) is 4.98 Å². The number of carbonyl (C=O) groups excluding carboxylic acids is 1. The van der Waals surface area contributed by atoms with Gasteiger partial charge in [0.1, 0.15) is 5.69 Å². The number of hydrogen-bond donors (Lipinski definition) is 1. The fraction of sp³-hybridized carbons (Fsp3) is 0.238. The molecule has 0 spiro atoms. The van der Waals surface area contributed by atoms with Crippen LogP contribution in [0.5, 0.6) is 0 Å². The Morgan fingerprint density at radius 1 is 1.04 bits per heavy atom. The Bertz CT molecular complexity index is 893. The predicted octanol–water partition coefficient (Wildman–Crippen LogP) is 4.15. The summed E-state index contributed by atoms with van der Waals surface area (Å²) >= 11 is 0. The van der Waals surface area contributed by atoms with Gasteiger partial charge < -0.3 is 5.32 Å². The second-order valence-electron chi connectivity index (χ2n) is 6.51. The molecule has 3 rings (SSSR count). The lowest BCUT2D eigenvalue weighted by Crippen LogP contribution is -2.28. The van der Waals surface area contributed by atoms with Crippen molar-refractivity contribution >= 4 is 5.91 Å². The number of aromatic nitrogens is 3. The third-order valence-corrected chi connectivity index (χ3v) is 4.21. The highest BCUT2D eigenvalue weighted by Crippen LogP contribution is 2.24. The summed E-state index contributed by atoms with van der Waals surface area (Å²) in [5.74, 6) is 0.197. The van der Waals surface area contributed by atoms with Crippen LogP contribution in [0.15, 0.2) is 61.1 Å². The molecule has 26 heavy (non-hydrogen) atoms. The molecule has 0 saturated carbocycles. The number of nitrogens with zero attached hydrogens (tertiary/aromatic N) is 3. The van der Waals surface area contributed by atoms with Gasteiger partial charge in [-0.2, -0.15) is 0 Å². The Hall–Kier alpha value is -3.08. The Balaban J connectivity index is 1.80. The predicted molar refractivity (Wildman–Crippen MR) is 102 cm³/mol. The summed E-state index contributed by atoms with van der Waals surface area (Å²) in [6.45, 7) is 6.25. The molecule has 1 unspecified atom stereocenters. The van der Waals surface area contributed by atoms with Crippen molar-refractivity contribution < 1.29 is 4.79 Å². The van der Waals surface area contributed by atoms with Gasteiger partial charge in [-0.15, -0.1) is 0 Å². The number of rotatable bonds is 5. The molecule has 0 bridgehead atoms. The van der Waals surface area contributed by atoms with Crippen LogP contribution >= 0.6 is 0 Å². The van der Waals surface area contributed by atoms with Gasteiger partial charge in [-0.3, -0.25) is 14.8 Å². The van der Waals surface area contributed by atoms with Crippen molar-refractivity contribution in [3.8, 4) is 11.3 Å². The first-order valence-electron chi connectivity index (χ1n) is 8.69. The SMILES string of the molecule is CC(C)c1cccc(-c2cccc(C(C)NC(=O)c3cnccn3)n2)c1. The molecule has 1 aromatic carbocycles. The molecule has 1 N–H and O–H groups in total. The van der Waals surface area contributed by atoms with E-state index < -0.39 is 0 Å². The van der Waals surface area contributed by atoms with Crippen LogP contribution in [0.4, 0.5) is 0 Å². The van der Waals surface area contributed by atoms with E-state index in [-0.39, 0.29) is 11.9 Å². The molecule has 132 valence electrons. The third-order valence-electron chi connectivity index (χ3n) is 4.21. The summed E-state index contributed by atoms with van der Waals surface area (Å²) in [6, 6.07) is 14.0. The zero-order chi connectivity index (χ0) is 18.5. The highest BCUT2D eigenvalue weighted by molar-refractivity contribution is 5.92. The topological polar surface area (TPSA) is 67.8 Å². The van der Waals surface area contributed by atoms with Gasteiger partial charge in [0, 0.05) is 18.0 Å². The zero-order valence-electron chi connectivity index (χ0n) is 15.2. The Kier molecular flexibility index (Phi) is 5.37. The molecular formula is C21H22N4O. The molecule has 5 heteroatoms. The smallest absolute Gasteiger partial charge is 0.272 e. The van der Waals surface area contributed by atoms with Gasteiger partial charge in [0.05, 0.1) is 23.6 Å². The molecule has 0 aliphatic heterocycles. The second kappa shape index (κ2) is 7.87. The van der Waals surface area contributed by atoms with Crippen LogP contribution in [0.2, 0.25) is 0 Å². The van der Waals surface area contributed by atoms with Crippen molar-refractivity contribution in [3.63, 3.8) is 0 Å². The minimum absolute atomic E-state index is 0.238. The Morgan fingerprint density at radius 3 is 2.58 bits per heavy atom. The van der Waals surface area contributed by atoms with Crippen molar-refractivity contribution in [2.24, 2.45) is 0 Å². The molecule has 0 radical (unpaired) electrons. The van der Waals surface area contributed by atoms with Crippen molar-refractivity contribution in [1.82, 2.24) is 20.3 Å². The molecule has 2 aromatic heterocycles. The van der Waals surface area contributed by atoms with Crippen LogP contribution in [0.25, 0.3) is 11.3 Å². The number of hydrogen-bond acceptors (Lipinski definition) is 4. The molecule has 1 amide bonds. The summed E-state index contributed by atoms with van der Waals surface area (Å²) in [5, 5.41) is 2.92. The van der Waals surface area contributed by atoms with Crippen molar-refractivity contribution in [1.29, 1.82) is 0 Å². The monoisotopic (exact) mass is 346 g/mol. The number of carbonyl (C=O) groups is 1. The van der Waals surface area contributed by atoms with Gasteiger partial charge in [-0.25, -0.2) is 4.98 Å². The first-order valence-corrected chi connectivity index (χ1v) is 8.69. The van der Waals surface area contributed by atoms with E-state index in [1.807, 2.05) is 25.1 Å². The molecule has 2 heterocycles. The second-order valence-corrected chi connectivity index (χ2v) is 6.51. The highest BCUT2D eigenvalue weighted by atomic mass is 16.1. The fourth-order valence-corrected chi connectivity index (χ4v) is 2.67. The maximum absolute atomic E-state index is 12.3. The minimum Gasteiger partial charge on any atom is -0.343 e. The van der Waals surface area contributed by atoms with Crippen LogP contribution in [0, 0.1) is 0 Å². The molecule has 3 aromatic rings. The van der Waals surface area contributed by atoms with E-state index in [2.05, 4.69) is 53.4 Å². The summed E-state index contributed by atoms with van der Waals surface area (Å²) in [5.41, 5.74) is 4.34. The summed E-state index contributed by atoms with van der Waals surface area (Å²) in [7, 11) is 0. The van der Waals surface area contributed by atoms with Crippen LogP contribution in [0.1, 0.15) is 54.5 Å². The lowest BCUT2D eigenvalue weighted by Gasteiger charge is -2.14. The van der Waals surface area contributed by atoms with Gasteiger partial charge >= 0.3 is 0 Å². The number of pyridine rings is 1. The minimum atomic E-state index is -0.264. The standard InChI is InChI=1S/C21H22N4O/c1-14(2)16-6-4-7-17(12-16)19-9-5-8-18(25-19)15(3)24-21(26)20-13-22-10-11-23-20/h4-15H,1-3H3,(H,24,26). The van der Waals surface area contributed by atoms with Crippen LogP contribution in [-0.4, -0.2) is 20.9 Å². The maximum Gasteiger partial charge on any atom is 0.272 e. The van der Waals surface area contributed by atoms with Crippen LogP contribution in [-0.2, 0) is 0 Å². The zero-order valence-corrected chi connectivity index (χ0v) is 15.2. The normalized spacial score (nSPS) is 12.0. The molecular weight excluding hydrogens is 324 g/mol. The van der Waals surface area contributed by atoms with E-state index in [9.17, 15) is 4.79 Å². The molecule has 0 saturated heterocycles. The van der Waals surface area contributed by atoms with Crippen molar-refractivity contribution in [3.05, 3.63) is 78.0 Å². The molecule has 0 aliphatic carbocycles. The molecule has 0 fully saturated rings. The van der Waals surface area contributed by atoms with Crippen LogP contribution < -0.4 is 5.32 Å². The van der Waals surface area contributed by atoms with Gasteiger partial charge in [-0.1, -0.05) is 38.1 Å². The van der Waals surface area contributed by atoms with Gasteiger partial charge in [-0.05, 0) is 36.6 Å².